The lowest BCUT2D eigenvalue weighted by atomic mass is 10.1. The molecule has 23 heavy (non-hydrogen) atoms. The number of carboxylic acid groups (broad SMARTS) is 1. The fourth-order valence-electron chi connectivity index (χ4n) is 1.99. The largest absolute Gasteiger partial charge is 0.479 e. The highest BCUT2D eigenvalue weighted by Gasteiger charge is 2.22. The molecule has 0 aliphatic heterocycles. The molecule has 0 aliphatic carbocycles. The molecule has 0 saturated heterocycles. The fraction of sp³-hybridized carbons (Fsp3) is 0.375. The average Bonchev–Trinajstić information content (AvgIpc) is 3.00. The van der Waals surface area contributed by atoms with E-state index in [0.29, 0.717) is 17.3 Å². The van der Waals surface area contributed by atoms with E-state index in [4.69, 9.17) is 4.52 Å². The summed E-state index contributed by atoms with van der Waals surface area (Å²) in [4.78, 5) is 27.5. The van der Waals surface area contributed by atoms with Crippen molar-refractivity contribution in [2.75, 3.05) is 0 Å². The minimum absolute atomic E-state index is 0.0797. The van der Waals surface area contributed by atoms with E-state index in [2.05, 4.69) is 15.5 Å². The average molecular weight is 317 g/mol. The summed E-state index contributed by atoms with van der Waals surface area (Å²) in [7, 11) is 0. The Morgan fingerprint density at radius 3 is 2.52 bits per heavy atom. The van der Waals surface area contributed by atoms with E-state index >= 15 is 0 Å². The number of aryl methyl sites for hydroxylation is 1. The number of hydrogen-bond donors (Lipinski definition) is 2. The summed E-state index contributed by atoms with van der Waals surface area (Å²) in [5.41, 5.74) is 0.522. The third-order valence-electron chi connectivity index (χ3n) is 3.25. The fourth-order valence-corrected chi connectivity index (χ4v) is 1.99. The van der Waals surface area contributed by atoms with Crippen LogP contribution >= 0.6 is 0 Å². The topological polar surface area (TPSA) is 105 Å². The van der Waals surface area contributed by atoms with Gasteiger partial charge in [0.05, 0.1) is 0 Å². The summed E-state index contributed by atoms with van der Waals surface area (Å²) >= 11 is 0. The molecule has 0 aliphatic rings. The summed E-state index contributed by atoms with van der Waals surface area (Å²) in [6, 6.07) is 7.48. The van der Waals surface area contributed by atoms with E-state index in [9.17, 15) is 14.7 Å². The van der Waals surface area contributed by atoms with E-state index in [1.54, 1.807) is 30.3 Å². The van der Waals surface area contributed by atoms with Crippen LogP contribution in [0.25, 0.3) is 0 Å². The van der Waals surface area contributed by atoms with Gasteiger partial charge in [0.2, 0.25) is 11.8 Å². The summed E-state index contributed by atoms with van der Waals surface area (Å²) < 4.78 is 5.06. The van der Waals surface area contributed by atoms with Crippen LogP contribution in [-0.4, -0.2) is 27.1 Å². The second-order valence-electron chi connectivity index (χ2n) is 5.45. The lowest BCUT2D eigenvalue weighted by molar-refractivity contribution is -0.142. The molecule has 0 spiro atoms. The molecule has 0 fully saturated rings. The number of benzene rings is 1. The summed E-state index contributed by atoms with van der Waals surface area (Å²) in [6.07, 6.45) is 0.350. The molecule has 1 amide bonds. The first-order chi connectivity index (χ1) is 11.0. The first kappa shape index (κ1) is 16.7. The molecule has 7 nitrogen and oxygen atoms in total. The molecule has 2 aromatic rings. The number of nitrogens with one attached hydrogen (secondary N) is 1. The van der Waals surface area contributed by atoms with E-state index in [1.807, 2.05) is 13.8 Å². The van der Waals surface area contributed by atoms with Crippen molar-refractivity contribution in [3.63, 3.8) is 0 Å². The van der Waals surface area contributed by atoms with Crippen LogP contribution in [0, 0.1) is 0 Å². The molecule has 1 aromatic heterocycles. The van der Waals surface area contributed by atoms with Crippen LogP contribution in [0.2, 0.25) is 0 Å². The van der Waals surface area contributed by atoms with Gasteiger partial charge in [0.1, 0.15) is 0 Å². The Kier molecular flexibility index (Phi) is 5.46. The van der Waals surface area contributed by atoms with Crippen LogP contribution in [0.15, 0.2) is 34.9 Å². The molecule has 0 bridgehead atoms. The maximum absolute atomic E-state index is 12.0. The minimum atomic E-state index is -1.11. The van der Waals surface area contributed by atoms with Crippen molar-refractivity contribution in [1.29, 1.82) is 0 Å². The standard InChI is InChI=1S/C16H19N3O4/c1-10(2)15-18-13(23-19-15)9-8-12(20)17-14(16(21)22)11-6-4-3-5-7-11/h3-7,10,14H,8-9H2,1-2H3,(H,17,20)(H,21,22). The smallest absolute Gasteiger partial charge is 0.330 e. The second-order valence-corrected chi connectivity index (χ2v) is 5.45. The highest BCUT2D eigenvalue weighted by molar-refractivity contribution is 5.84. The Hall–Kier alpha value is -2.70. The van der Waals surface area contributed by atoms with Gasteiger partial charge in [0.25, 0.3) is 0 Å². The van der Waals surface area contributed by atoms with Gasteiger partial charge in [-0.15, -0.1) is 0 Å². The van der Waals surface area contributed by atoms with E-state index < -0.39 is 12.0 Å². The third kappa shape index (κ3) is 4.64. The summed E-state index contributed by atoms with van der Waals surface area (Å²) in [6.45, 7) is 3.89. The highest BCUT2D eigenvalue weighted by Crippen LogP contribution is 2.14. The zero-order chi connectivity index (χ0) is 16.8. The molecule has 2 N–H and O–H groups in total. The number of carboxylic acids is 1. The minimum Gasteiger partial charge on any atom is -0.479 e. The molecular formula is C16H19N3O4. The lowest BCUT2D eigenvalue weighted by Crippen LogP contribution is -2.33. The molecule has 1 unspecified atom stereocenters. The normalized spacial score (nSPS) is 12.1. The van der Waals surface area contributed by atoms with Crippen molar-refractivity contribution >= 4 is 11.9 Å². The van der Waals surface area contributed by atoms with Gasteiger partial charge in [-0.2, -0.15) is 4.98 Å². The van der Waals surface area contributed by atoms with E-state index in [-0.39, 0.29) is 24.7 Å². The quantitative estimate of drug-likeness (QED) is 0.810. The lowest BCUT2D eigenvalue weighted by Gasteiger charge is -2.14. The number of aromatic nitrogens is 2. The van der Waals surface area contributed by atoms with Crippen LogP contribution in [0.3, 0.4) is 0 Å². The number of rotatable bonds is 7. The van der Waals surface area contributed by atoms with Crippen molar-refractivity contribution < 1.29 is 19.2 Å². The van der Waals surface area contributed by atoms with Gasteiger partial charge in [-0.25, -0.2) is 4.79 Å². The Labute approximate surface area is 133 Å². The monoisotopic (exact) mass is 317 g/mol. The van der Waals surface area contributed by atoms with Gasteiger partial charge in [-0.1, -0.05) is 49.3 Å². The van der Waals surface area contributed by atoms with Crippen molar-refractivity contribution in [1.82, 2.24) is 15.5 Å². The van der Waals surface area contributed by atoms with Crippen molar-refractivity contribution in [3.05, 3.63) is 47.6 Å². The number of nitrogens with zero attached hydrogens (tertiary/aromatic N) is 2. The Morgan fingerprint density at radius 2 is 1.96 bits per heavy atom. The number of aliphatic carboxylic acids is 1. The highest BCUT2D eigenvalue weighted by atomic mass is 16.5. The molecule has 7 heteroatoms. The van der Waals surface area contributed by atoms with Crippen molar-refractivity contribution in [2.24, 2.45) is 0 Å². The van der Waals surface area contributed by atoms with Crippen LogP contribution in [0.1, 0.15) is 49.5 Å². The molecule has 0 radical (unpaired) electrons. The maximum Gasteiger partial charge on any atom is 0.330 e. The van der Waals surface area contributed by atoms with Gasteiger partial charge in [-0.3, -0.25) is 4.79 Å². The Balaban J connectivity index is 1.93. The first-order valence-corrected chi connectivity index (χ1v) is 7.37. The van der Waals surface area contributed by atoms with E-state index in [1.165, 1.54) is 0 Å². The summed E-state index contributed by atoms with van der Waals surface area (Å²) in [5, 5.41) is 15.6. The number of amides is 1. The van der Waals surface area contributed by atoms with E-state index in [0.717, 1.165) is 0 Å². The first-order valence-electron chi connectivity index (χ1n) is 7.37. The van der Waals surface area contributed by atoms with Gasteiger partial charge in [0, 0.05) is 18.8 Å². The molecular weight excluding hydrogens is 298 g/mol. The van der Waals surface area contributed by atoms with Gasteiger partial charge in [-0.05, 0) is 5.56 Å². The Morgan fingerprint density at radius 1 is 1.26 bits per heavy atom. The SMILES string of the molecule is CC(C)c1noc(CCC(=O)NC(C(=O)O)c2ccccc2)n1. The van der Waals surface area contributed by atoms with Crippen LogP contribution < -0.4 is 5.32 Å². The summed E-state index contributed by atoms with van der Waals surface area (Å²) in [5.74, 6) is -0.380. The molecule has 0 saturated carbocycles. The Bertz CT molecular complexity index is 667. The number of carbonyl (C=O) groups is 2. The van der Waals surface area contributed by atoms with Gasteiger partial charge < -0.3 is 14.9 Å². The molecule has 2 rings (SSSR count). The molecule has 1 aromatic carbocycles. The van der Waals surface area contributed by atoms with Crippen LogP contribution in [0.4, 0.5) is 0 Å². The molecule has 1 heterocycles. The van der Waals surface area contributed by atoms with Crippen molar-refractivity contribution in [2.45, 2.75) is 38.6 Å². The van der Waals surface area contributed by atoms with Crippen LogP contribution in [-0.2, 0) is 16.0 Å². The molecule has 1 atom stereocenters. The third-order valence-corrected chi connectivity index (χ3v) is 3.25. The zero-order valence-corrected chi connectivity index (χ0v) is 13.0. The van der Waals surface area contributed by atoms with Gasteiger partial charge in [0.15, 0.2) is 11.9 Å². The number of carbonyl (C=O) groups excluding carboxylic acids is 1. The predicted octanol–water partition coefficient (Wildman–Crippen LogP) is 2.07. The van der Waals surface area contributed by atoms with Crippen molar-refractivity contribution in [3.8, 4) is 0 Å². The second kappa shape index (κ2) is 7.53. The van der Waals surface area contributed by atoms with Gasteiger partial charge >= 0.3 is 5.97 Å². The zero-order valence-electron chi connectivity index (χ0n) is 13.0. The number of hydrogen-bond acceptors (Lipinski definition) is 5. The maximum atomic E-state index is 12.0. The predicted molar refractivity (Wildman–Crippen MR) is 81.7 cm³/mol. The molecule has 122 valence electrons. The van der Waals surface area contributed by atoms with Crippen LogP contribution in [0.5, 0.6) is 0 Å².